The van der Waals surface area contributed by atoms with Crippen LogP contribution in [0.15, 0.2) is 36.4 Å². The molecule has 0 atom stereocenters. The van der Waals surface area contributed by atoms with Crippen molar-refractivity contribution >= 4 is 44.4 Å². The van der Waals surface area contributed by atoms with Crippen LogP contribution in [0, 0.1) is 10.1 Å². The number of nitrogens with zero attached hydrogens (tertiary/aromatic N) is 2. The van der Waals surface area contributed by atoms with Crippen LogP contribution in [0.1, 0.15) is 12.5 Å². The first-order valence-corrected chi connectivity index (χ1v) is 9.45. The van der Waals surface area contributed by atoms with Gasteiger partial charge in [-0.3, -0.25) is 20.2 Å². The van der Waals surface area contributed by atoms with Gasteiger partial charge in [-0.25, -0.2) is 4.98 Å². The first-order chi connectivity index (χ1) is 14.0. The van der Waals surface area contributed by atoms with Gasteiger partial charge in [0.05, 0.1) is 33.4 Å². The third-order valence-corrected chi connectivity index (χ3v) is 4.97. The summed E-state index contributed by atoms with van der Waals surface area (Å²) in [5, 5.41) is 14.4. The Hall–Kier alpha value is -3.66. The molecule has 0 saturated heterocycles. The van der Waals surface area contributed by atoms with Gasteiger partial charge in [-0.15, -0.1) is 0 Å². The fourth-order valence-corrected chi connectivity index (χ4v) is 3.66. The van der Waals surface area contributed by atoms with Gasteiger partial charge < -0.3 is 14.2 Å². The number of carbonyl (C=O) groups is 1. The van der Waals surface area contributed by atoms with Gasteiger partial charge in [-0.2, -0.15) is 0 Å². The second kappa shape index (κ2) is 7.76. The summed E-state index contributed by atoms with van der Waals surface area (Å²) in [5.74, 6) is 0.976. The van der Waals surface area contributed by atoms with E-state index in [9.17, 15) is 14.9 Å². The number of hydrogen-bond acceptors (Lipinski definition) is 8. The predicted octanol–water partition coefficient (Wildman–Crippen LogP) is 3.98. The average molecular weight is 413 g/mol. The van der Waals surface area contributed by atoms with E-state index in [1.54, 1.807) is 0 Å². The Morgan fingerprint density at radius 3 is 2.90 bits per heavy atom. The van der Waals surface area contributed by atoms with Crippen LogP contribution in [0.4, 0.5) is 10.8 Å². The molecule has 2 aromatic carbocycles. The number of hydrogen-bond donors (Lipinski definition) is 1. The van der Waals surface area contributed by atoms with E-state index < -0.39 is 10.8 Å². The van der Waals surface area contributed by atoms with Crippen LogP contribution in [-0.4, -0.2) is 29.2 Å². The highest BCUT2D eigenvalue weighted by molar-refractivity contribution is 7.22. The maximum Gasteiger partial charge on any atom is 0.280 e. The summed E-state index contributed by atoms with van der Waals surface area (Å²) in [6.45, 7) is 2.47. The van der Waals surface area contributed by atoms with Crippen molar-refractivity contribution in [2.75, 3.05) is 18.7 Å². The van der Waals surface area contributed by atoms with Crippen LogP contribution in [0.5, 0.6) is 17.2 Å². The lowest BCUT2D eigenvalue weighted by atomic mass is 10.1. The maximum atomic E-state index is 12.3. The molecule has 0 spiro atoms. The summed E-state index contributed by atoms with van der Waals surface area (Å²) in [6.07, 6.45) is 2.57. The van der Waals surface area contributed by atoms with Crippen molar-refractivity contribution in [3.8, 4) is 17.2 Å². The standard InChI is InChI=1S/C19H15N3O6S/c1-2-26-12-4-5-13-17(8-12)29-19(20-13)21-18(23)6-3-11-7-15-16(28-10-27-15)9-14(11)22(24)25/h3-9H,2,10H2,1H3,(H,20,21,23)/b6-3+. The Morgan fingerprint density at radius 2 is 2.14 bits per heavy atom. The molecule has 1 amide bonds. The van der Waals surface area contributed by atoms with Crippen LogP contribution in [0.3, 0.4) is 0 Å². The molecule has 1 aromatic heterocycles. The molecule has 10 heteroatoms. The lowest BCUT2D eigenvalue weighted by Gasteiger charge is -2.01. The molecular weight excluding hydrogens is 398 g/mol. The van der Waals surface area contributed by atoms with Crippen LogP contribution >= 0.6 is 11.3 Å². The van der Waals surface area contributed by atoms with Crippen LogP contribution < -0.4 is 19.5 Å². The van der Waals surface area contributed by atoms with E-state index >= 15 is 0 Å². The summed E-state index contributed by atoms with van der Waals surface area (Å²) in [5.41, 5.74) is 0.797. The van der Waals surface area contributed by atoms with Crippen molar-refractivity contribution in [1.29, 1.82) is 0 Å². The summed E-state index contributed by atoms with van der Waals surface area (Å²) in [7, 11) is 0. The van der Waals surface area contributed by atoms with Crippen molar-refractivity contribution in [3.05, 3.63) is 52.1 Å². The molecule has 0 fully saturated rings. The molecule has 148 valence electrons. The fraction of sp³-hybridized carbons (Fsp3) is 0.158. The van der Waals surface area contributed by atoms with E-state index in [4.69, 9.17) is 14.2 Å². The van der Waals surface area contributed by atoms with Gasteiger partial charge in [-0.1, -0.05) is 11.3 Å². The highest BCUT2D eigenvalue weighted by Crippen LogP contribution is 2.38. The molecule has 1 N–H and O–H groups in total. The van der Waals surface area contributed by atoms with E-state index in [0.717, 1.165) is 16.0 Å². The van der Waals surface area contributed by atoms with Crippen LogP contribution in [-0.2, 0) is 4.79 Å². The zero-order chi connectivity index (χ0) is 20.4. The molecule has 29 heavy (non-hydrogen) atoms. The SMILES string of the molecule is CCOc1ccc2nc(NC(=O)/C=C/c3cc4c(cc3[N+](=O)[O-])OCO4)sc2c1. The summed E-state index contributed by atoms with van der Waals surface area (Å²) in [6, 6.07) is 8.24. The summed E-state index contributed by atoms with van der Waals surface area (Å²) < 4.78 is 16.7. The molecule has 0 unspecified atom stereocenters. The summed E-state index contributed by atoms with van der Waals surface area (Å²) in [4.78, 5) is 27.4. The molecular formula is C19H15N3O6S. The third kappa shape index (κ3) is 3.97. The molecule has 3 aromatic rings. The second-order valence-corrected chi connectivity index (χ2v) is 6.96. The van der Waals surface area contributed by atoms with Crippen molar-refractivity contribution < 1.29 is 23.9 Å². The first kappa shape index (κ1) is 18.7. The number of fused-ring (bicyclic) bond motifs is 2. The molecule has 4 rings (SSSR count). The number of anilines is 1. The lowest BCUT2D eigenvalue weighted by molar-refractivity contribution is -0.385. The molecule has 0 radical (unpaired) electrons. The number of ether oxygens (including phenoxy) is 3. The van der Waals surface area contributed by atoms with E-state index in [1.165, 1.54) is 35.6 Å². The molecule has 9 nitrogen and oxygen atoms in total. The number of aromatic nitrogens is 1. The number of benzene rings is 2. The molecule has 0 aliphatic carbocycles. The smallest absolute Gasteiger partial charge is 0.280 e. The Labute approximate surface area is 168 Å². The number of rotatable bonds is 6. The fourth-order valence-electron chi connectivity index (χ4n) is 2.77. The largest absolute Gasteiger partial charge is 0.494 e. The van der Waals surface area contributed by atoms with Crippen molar-refractivity contribution in [2.45, 2.75) is 6.92 Å². The number of carbonyl (C=O) groups excluding carboxylic acids is 1. The first-order valence-electron chi connectivity index (χ1n) is 8.64. The van der Waals surface area contributed by atoms with Gasteiger partial charge in [0.15, 0.2) is 16.6 Å². The zero-order valence-electron chi connectivity index (χ0n) is 15.2. The van der Waals surface area contributed by atoms with Gasteiger partial charge in [0.2, 0.25) is 12.7 Å². The number of nitro benzene ring substituents is 1. The predicted molar refractivity (Wildman–Crippen MR) is 108 cm³/mol. The van der Waals surface area contributed by atoms with E-state index in [-0.39, 0.29) is 18.0 Å². The van der Waals surface area contributed by atoms with Gasteiger partial charge in [0, 0.05) is 6.08 Å². The number of nitro groups is 1. The van der Waals surface area contributed by atoms with E-state index in [2.05, 4.69) is 10.3 Å². The quantitative estimate of drug-likeness (QED) is 0.369. The van der Waals surface area contributed by atoms with E-state index in [0.29, 0.717) is 23.2 Å². The van der Waals surface area contributed by atoms with Crippen molar-refractivity contribution in [1.82, 2.24) is 4.98 Å². The molecule has 1 aliphatic heterocycles. The molecule has 0 bridgehead atoms. The topological polar surface area (TPSA) is 113 Å². The van der Waals surface area contributed by atoms with Crippen LogP contribution in [0.25, 0.3) is 16.3 Å². The molecule has 2 heterocycles. The highest BCUT2D eigenvalue weighted by atomic mass is 32.1. The van der Waals surface area contributed by atoms with Gasteiger partial charge >= 0.3 is 0 Å². The normalized spacial score (nSPS) is 12.4. The van der Waals surface area contributed by atoms with Gasteiger partial charge in [0.25, 0.3) is 5.69 Å². The number of amides is 1. The third-order valence-electron chi connectivity index (χ3n) is 4.03. The zero-order valence-corrected chi connectivity index (χ0v) is 16.0. The lowest BCUT2D eigenvalue weighted by Crippen LogP contribution is -2.07. The monoisotopic (exact) mass is 413 g/mol. The summed E-state index contributed by atoms with van der Waals surface area (Å²) >= 11 is 1.31. The molecule has 1 aliphatic rings. The highest BCUT2D eigenvalue weighted by Gasteiger charge is 2.22. The van der Waals surface area contributed by atoms with Gasteiger partial charge in [0.1, 0.15) is 5.75 Å². The minimum Gasteiger partial charge on any atom is -0.494 e. The molecule has 0 saturated carbocycles. The van der Waals surface area contributed by atoms with Crippen molar-refractivity contribution in [2.24, 2.45) is 0 Å². The maximum absolute atomic E-state index is 12.3. The van der Waals surface area contributed by atoms with Crippen molar-refractivity contribution in [3.63, 3.8) is 0 Å². The Kier molecular flexibility index (Phi) is 5.00. The Morgan fingerprint density at radius 1 is 1.34 bits per heavy atom. The Bertz CT molecular complexity index is 1140. The second-order valence-electron chi connectivity index (χ2n) is 5.93. The van der Waals surface area contributed by atoms with Crippen LogP contribution in [0.2, 0.25) is 0 Å². The minimum absolute atomic E-state index is 0.00274. The average Bonchev–Trinajstić information content (AvgIpc) is 3.30. The minimum atomic E-state index is -0.539. The Balaban J connectivity index is 1.52. The van der Waals surface area contributed by atoms with Gasteiger partial charge in [-0.05, 0) is 37.3 Å². The number of nitrogens with one attached hydrogen (secondary N) is 1. The number of thiazole rings is 1. The van der Waals surface area contributed by atoms with E-state index in [1.807, 2.05) is 25.1 Å².